The Labute approximate surface area is 91.4 Å². The summed E-state index contributed by atoms with van der Waals surface area (Å²) in [5.74, 6) is 0.839. The van der Waals surface area contributed by atoms with Crippen LogP contribution in [-0.2, 0) is 0 Å². The maximum atomic E-state index is 7.18. The van der Waals surface area contributed by atoms with E-state index in [0.717, 1.165) is 32.5 Å². The number of rotatable bonds is 1. The maximum absolute atomic E-state index is 7.18. The molecule has 1 aliphatic heterocycles. The molecule has 1 heterocycles. The Morgan fingerprint density at radius 2 is 1.77 bits per heavy atom. The Bertz CT molecular complexity index is 145. The van der Waals surface area contributed by atoms with E-state index in [9.17, 15) is 0 Å². The molecule has 13 heavy (non-hydrogen) atoms. The zero-order valence-corrected chi connectivity index (χ0v) is 9.16. The minimum absolute atomic E-state index is 0. The molecule has 80 valence electrons. The molecule has 0 aromatic carbocycles. The molecule has 0 aromatic heterocycles. The second kappa shape index (κ2) is 7.24. The summed E-state index contributed by atoms with van der Waals surface area (Å²) in [5.41, 5.74) is 10.9. The zero-order chi connectivity index (χ0) is 8.27. The molecule has 4 nitrogen and oxygen atoms in total. The summed E-state index contributed by atoms with van der Waals surface area (Å²) >= 11 is 0. The van der Waals surface area contributed by atoms with Gasteiger partial charge in [0.1, 0.15) is 0 Å². The molecule has 0 atom stereocenters. The van der Waals surface area contributed by atoms with Crippen molar-refractivity contribution in [1.82, 2.24) is 4.90 Å². The summed E-state index contributed by atoms with van der Waals surface area (Å²) in [6, 6.07) is 0. The molecule has 1 saturated heterocycles. The molecule has 1 aliphatic rings. The van der Waals surface area contributed by atoms with Crippen molar-refractivity contribution in [3.05, 3.63) is 0 Å². The van der Waals surface area contributed by atoms with Crippen LogP contribution in [0.5, 0.6) is 0 Å². The molecule has 0 unspecified atom stereocenters. The first kappa shape index (κ1) is 15.3. The van der Waals surface area contributed by atoms with Gasteiger partial charge in [0, 0.05) is 13.1 Å². The van der Waals surface area contributed by atoms with Crippen LogP contribution in [0.15, 0.2) is 0 Å². The molecule has 1 rings (SSSR count). The van der Waals surface area contributed by atoms with E-state index in [2.05, 4.69) is 0 Å². The van der Waals surface area contributed by atoms with Crippen LogP contribution in [0.4, 0.5) is 0 Å². The van der Waals surface area contributed by atoms with E-state index < -0.39 is 0 Å². The quantitative estimate of drug-likeness (QED) is 0.449. The van der Waals surface area contributed by atoms with Crippen LogP contribution in [0.2, 0.25) is 0 Å². The van der Waals surface area contributed by atoms with Gasteiger partial charge in [-0.1, -0.05) is 0 Å². The lowest BCUT2D eigenvalue weighted by Gasteiger charge is -2.31. The van der Waals surface area contributed by atoms with Crippen molar-refractivity contribution in [2.24, 2.45) is 17.4 Å². The molecule has 0 bridgehead atoms. The highest BCUT2D eigenvalue weighted by atomic mass is 35.5. The van der Waals surface area contributed by atoms with E-state index in [1.807, 2.05) is 4.90 Å². The van der Waals surface area contributed by atoms with Crippen molar-refractivity contribution in [2.45, 2.75) is 12.8 Å². The zero-order valence-electron chi connectivity index (χ0n) is 7.53. The molecule has 5 N–H and O–H groups in total. The van der Waals surface area contributed by atoms with Crippen molar-refractivity contribution in [3.8, 4) is 0 Å². The van der Waals surface area contributed by atoms with E-state index in [4.69, 9.17) is 16.9 Å². The molecule has 0 radical (unpaired) electrons. The third kappa shape index (κ3) is 4.55. The van der Waals surface area contributed by atoms with Gasteiger partial charge < -0.3 is 16.4 Å². The van der Waals surface area contributed by atoms with Gasteiger partial charge in [-0.25, -0.2) is 0 Å². The molecule has 0 saturated carbocycles. The molecule has 0 aromatic rings. The smallest absolute Gasteiger partial charge is 0.188 e. The number of piperidine rings is 1. The van der Waals surface area contributed by atoms with E-state index in [-0.39, 0.29) is 30.8 Å². The minimum Gasteiger partial charge on any atom is -0.370 e. The van der Waals surface area contributed by atoms with E-state index in [1.54, 1.807) is 0 Å². The predicted octanol–water partition coefficient (Wildman–Crippen LogP) is 0.394. The second-order valence-corrected chi connectivity index (χ2v) is 3.05. The Kier molecular flexibility index (Phi) is 8.51. The van der Waals surface area contributed by atoms with Gasteiger partial charge in [0.05, 0.1) is 0 Å². The molecule has 6 heteroatoms. The largest absolute Gasteiger partial charge is 0.370 e. The van der Waals surface area contributed by atoms with Crippen LogP contribution in [0.25, 0.3) is 0 Å². The predicted molar refractivity (Wildman–Crippen MR) is 59.8 cm³/mol. The van der Waals surface area contributed by atoms with Crippen LogP contribution in [0.3, 0.4) is 0 Å². The number of hydrogen-bond donors (Lipinski definition) is 3. The highest BCUT2D eigenvalue weighted by molar-refractivity contribution is 5.85. The fourth-order valence-electron chi connectivity index (χ4n) is 1.41. The molecule has 1 fully saturated rings. The SMILES string of the molecule is Cl.Cl.N=C(N)N1CCC(CN)CC1. The highest BCUT2D eigenvalue weighted by Crippen LogP contribution is 2.14. The number of nitrogens with two attached hydrogens (primary N) is 2. The summed E-state index contributed by atoms with van der Waals surface area (Å²) in [6.45, 7) is 2.57. The van der Waals surface area contributed by atoms with Gasteiger partial charge in [-0.05, 0) is 25.3 Å². The van der Waals surface area contributed by atoms with Gasteiger partial charge in [0.2, 0.25) is 0 Å². The summed E-state index contributed by atoms with van der Waals surface area (Å²) in [5, 5.41) is 7.18. The number of nitrogens with zero attached hydrogens (tertiary/aromatic N) is 1. The number of nitrogens with one attached hydrogen (secondary N) is 1. The third-order valence-corrected chi connectivity index (χ3v) is 2.29. The molecule has 0 spiro atoms. The van der Waals surface area contributed by atoms with Crippen molar-refractivity contribution in [3.63, 3.8) is 0 Å². The van der Waals surface area contributed by atoms with Crippen molar-refractivity contribution in [1.29, 1.82) is 5.41 Å². The average Bonchev–Trinajstić information content (AvgIpc) is 2.05. The van der Waals surface area contributed by atoms with E-state index in [1.165, 1.54) is 0 Å². The Balaban J connectivity index is 0. The van der Waals surface area contributed by atoms with Crippen LogP contribution in [-0.4, -0.2) is 30.5 Å². The van der Waals surface area contributed by atoms with E-state index >= 15 is 0 Å². The Hall–Kier alpha value is -0.190. The lowest BCUT2D eigenvalue weighted by Crippen LogP contribution is -2.43. The van der Waals surface area contributed by atoms with Gasteiger partial charge in [-0.3, -0.25) is 5.41 Å². The summed E-state index contributed by atoms with van der Waals surface area (Å²) in [4.78, 5) is 1.90. The third-order valence-electron chi connectivity index (χ3n) is 2.29. The summed E-state index contributed by atoms with van der Waals surface area (Å²) in [7, 11) is 0. The normalized spacial score (nSPS) is 17.2. The van der Waals surface area contributed by atoms with Crippen LogP contribution < -0.4 is 11.5 Å². The van der Waals surface area contributed by atoms with Gasteiger partial charge in [0.15, 0.2) is 5.96 Å². The number of hydrogen-bond acceptors (Lipinski definition) is 2. The minimum atomic E-state index is 0. The van der Waals surface area contributed by atoms with Crippen LogP contribution in [0.1, 0.15) is 12.8 Å². The van der Waals surface area contributed by atoms with Crippen LogP contribution in [0, 0.1) is 11.3 Å². The Morgan fingerprint density at radius 1 is 1.31 bits per heavy atom. The van der Waals surface area contributed by atoms with E-state index in [0.29, 0.717) is 5.92 Å². The monoisotopic (exact) mass is 228 g/mol. The average molecular weight is 229 g/mol. The summed E-state index contributed by atoms with van der Waals surface area (Å²) in [6.07, 6.45) is 2.16. The van der Waals surface area contributed by atoms with Gasteiger partial charge in [-0.15, -0.1) is 24.8 Å². The van der Waals surface area contributed by atoms with Crippen molar-refractivity contribution < 1.29 is 0 Å². The molecular formula is C7H18Cl2N4. The molecule has 0 amide bonds. The molecular weight excluding hydrogens is 211 g/mol. The molecule has 0 aliphatic carbocycles. The number of halogens is 2. The summed E-state index contributed by atoms with van der Waals surface area (Å²) < 4.78 is 0. The fourth-order valence-corrected chi connectivity index (χ4v) is 1.41. The van der Waals surface area contributed by atoms with Gasteiger partial charge in [-0.2, -0.15) is 0 Å². The second-order valence-electron chi connectivity index (χ2n) is 3.05. The van der Waals surface area contributed by atoms with Crippen molar-refractivity contribution in [2.75, 3.05) is 19.6 Å². The number of guanidine groups is 1. The van der Waals surface area contributed by atoms with Crippen LogP contribution >= 0.6 is 24.8 Å². The topological polar surface area (TPSA) is 79.1 Å². The highest BCUT2D eigenvalue weighted by Gasteiger charge is 2.17. The first-order valence-corrected chi connectivity index (χ1v) is 4.03. The fraction of sp³-hybridized carbons (Fsp3) is 0.857. The van der Waals surface area contributed by atoms with Crippen molar-refractivity contribution >= 4 is 30.8 Å². The van der Waals surface area contributed by atoms with Gasteiger partial charge in [0.25, 0.3) is 0 Å². The van der Waals surface area contributed by atoms with Gasteiger partial charge >= 0.3 is 0 Å². The lowest BCUT2D eigenvalue weighted by atomic mass is 9.97. The maximum Gasteiger partial charge on any atom is 0.188 e. The first-order valence-electron chi connectivity index (χ1n) is 4.03. The Morgan fingerprint density at radius 3 is 2.08 bits per heavy atom. The number of likely N-dealkylation sites (tertiary alicyclic amines) is 1. The lowest BCUT2D eigenvalue weighted by molar-refractivity contribution is 0.268. The first-order chi connectivity index (χ1) is 5.24. The standard InChI is InChI=1S/C7H16N4.2ClH/c8-5-6-1-3-11(4-2-6)7(9)10;;/h6H,1-5,8H2,(H3,9,10);2*1H.